The average Bonchev–Trinajstić information content (AvgIpc) is 3.29. The summed E-state index contributed by atoms with van der Waals surface area (Å²) in [5.41, 5.74) is 7.74. The van der Waals surface area contributed by atoms with E-state index in [1.807, 2.05) is 66.7 Å². The van der Waals surface area contributed by atoms with Gasteiger partial charge in [-0.15, -0.1) is 0 Å². The molecule has 2 aliphatic heterocycles. The minimum Gasteiger partial charge on any atom is -0.457 e. The lowest BCUT2D eigenvalue weighted by Crippen LogP contribution is -2.39. The highest BCUT2D eigenvalue weighted by Crippen LogP contribution is 2.61. The Balaban J connectivity index is 1.30. The second kappa shape index (κ2) is 8.88. The van der Waals surface area contributed by atoms with Gasteiger partial charge in [0.15, 0.2) is 11.6 Å². The highest BCUT2D eigenvalue weighted by Gasteiger charge is 2.50. The Hall–Kier alpha value is -5.74. The zero-order chi connectivity index (χ0) is 29.6. The van der Waals surface area contributed by atoms with E-state index in [9.17, 15) is 9.59 Å². The predicted octanol–water partition coefficient (Wildman–Crippen LogP) is 8.87. The van der Waals surface area contributed by atoms with E-state index in [1.165, 1.54) is 0 Å². The van der Waals surface area contributed by atoms with Crippen LogP contribution in [0.15, 0.2) is 133 Å². The first-order valence-corrected chi connectivity index (χ1v) is 14.7. The molecule has 1 aliphatic carbocycles. The Morgan fingerprint density at radius 2 is 1.09 bits per heavy atom. The number of hydrogen-bond acceptors (Lipinski definition) is 4. The summed E-state index contributed by atoms with van der Waals surface area (Å²) in [5, 5.41) is 1.89. The second-order valence-corrected chi connectivity index (χ2v) is 11.7. The van der Waals surface area contributed by atoms with E-state index in [2.05, 4.69) is 72.6 Å². The Bertz CT molecular complexity index is 2180. The van der Waals surface area contributed by atoms with Crippen molar-refractivity contribution in [3.63, 3.8) is 0 Å². The van der Waals surface area contributed by atoms with E-state index in [-0.39, 0.29) is 17.1 Å². The first-order valence-electron chi connectivity index (χ1n) is 14.7. The Labute approximate surface area is 254 Å². The van der Waals surface area contributed by atoms with Gasteiger partial charge in [-0.1, -0.05) is 84.9 Å². The molecular weight excluding hydrogens is 542 g/mol. The highest BCUT2D eigenvalue weighted by molar-refractivity contribution is 6.42. The molecule has 0 atom stereocenters. The van der Waals surface area contributed by atoms with Gasteiger partial charge in [-0.25, -0.2) is 0 Å². The normalized spacial score (nSPS) is 15.3. The maximum absolute atomic E-state index is 13.7. The number of nitrogens with zero attached hydrogens (tertiary/aromatic N) is 1. The van der Waals surface area contributed by atoms with Gasteiger partial charge in [0.05, 0.1) is 11.0 Å². The van der Waals surface area contributed by atoms with E-state index in [0.717, 1.165) is 61.5 Å². The molecule has 6 aromatic rings. The average molecular weight is 568 g/mol. The van der Waals surface area contributed by atoms with Gasteiger partial charge in [0, 0.05) is 40.7 Å². The minimum absolute atomic E-state index is 0.196. The van der Waals surface area contributed by atoms with Gasteiger partial charge in [-0.3, -0.25) is 9.59 Å². The molecule has 2 heterocycles. The summed E-state index contributed by atoms with van der Waals surface area (Å²) in [7, 11) is 2.09. The fourth-order valence-corrected chi connectivity index (χ4v) is 7.48. The summed E-state index contributed by atoms with van der Waals surface area (Å²) in [6.07, 6.45) is 1.76. The summed E-state index contributed by atoms with van der Waals surface area (Å²) in [6.45, 7) is 0. The van der Waals surface area contributed by atoms with Crippen molar-refractivity contribution in [3.8, 4) is 11.5 Å². The minimum atomic E-state index is -0.678. The maximum atomic E-state index is 13.7. The number of hydrogen-bond donors (Lipinski definition) is 0. The van der Waals surface area contributed by atoms with Crippen LogP contribution in [0.5, 0.6) is 11.5 Å². The number of ether oxygens (including phenoxy) is 1. The zero-order valence-electron chi connectivity index (χ0n) is 23.9. The fraction of sp³-hybridized carbons (Fsp3) is 0.0500. The second-order valence-electron chi connectivity index (χ2n) is 11.7. The van der Waals surface area contributed by atoms with E-state index in [4.69, 9.17) is 4.74 Å². The van der Waals surface area contributed by atoms with Gasteiger partial charge >= 0.3 is 0 Å². The van der Waals surface area contributed by atoms with Gasteiger partial charge < -0.3 is 9.64 Å². The SMILES string of the molecule is CN1c2ccccc2C2(c3ccccc3Oc3ccccc32)c2cc(C=C3C(=O)c4cc5ccccc5cc4C3=O)ccc21. The van der Waals surface area contributed by atoms with Crippen molar-refractivity contribution in [1.82, 2.24) is 0 Å². The first-order chi connectivity index (χ1) is 21.6. The summed E-state index contributed by atoms with van der Waals surface area (Å²) in [4.78, 5) is 29.6. The van der Waals surface area contributed by atoms with Crippen molar-refractivity contribution in [2.75, 3.05) is 11.9 Å². The molecule has 4 heteroatoms. The molecule has 0 N–H and O–H groups in total. The smallest absolute Gasteiger partial charge is 0.197 e. The molecule has 0 saturated heterocycles. The third-order valence-electron chi connectivity index (χ3n) is 9.43. The van der Waals surface area contributed by atoms with Crippen LogP contribution in [0.2, 0.25) is 0 Å². The molecule has 3 aliphatic rings. The van der Waals surface area contributed by atoms with Gasteiger partial charge in [0.25, 0.3) is 0 Å². The van der Waals surface area contributed by atoms with Crippen molar-refractivity contribution < 1.29 is 14.3 Å². The Morgan fingerprint density at radius 3 is 1.73 bits per heavy atom. The summed E-state index contributed by atoms with van der Waals surface area (Å²) in [5.74, 6) is 1.16. The van der Waals surface area contributed by atoms with Gasteiger partial charge in [0.1, 0.15) is 11.5 Å². The van der Waals surface area contributed by atoms with Crippen molar-refractivity contribution in [3.05, 3.63) is 172 Å². The quantitative estimate of drug-likeness (QED) is 0.147. The highest BCUT2D eigenvalue weighted by atomic mass is 16.5. The van der Waals surface area contributed by atoms with Crippen molar-refractivity contribution in [2.24, 2.45) is 0 Å². The standard InChI is InChI=1S/C40H25NO3/c1-41-34-15-7-4-12-30(34)40(31-13-5-8-16-36(31)44-37-17-9-6-14-32(37)40)33-21-24(18-19-35(33)41)20-29-38(42)27-22-25-10-2-3-11-26(25)23-28(27)39(29)43/h2-23H,1H3. The topological polar surface area (TPSA) is 46.6 Å². The first kappa shape index (κ1) is 24.8. The number of carbonyl (C=O) groups is 2. The summed E-state index contributed by atoms with van der Waals surface area (Å²) < 4.78 is 6.48. The monoisotopic (exact) mass is 567 g/mol. The third kappa shape index (κ3) is 3.17. The van der Waals surface area contributed by atoms with Crippen LogP contribution in [0.3, 0.4) is 0 Å². The van der Waals surface area contributed by atoms with Crippen LogP contribution in [0.25, 0.3) is 16.8 Å². The molecule has 44 heavy (non-hydrogen) atoms. The lowest BCUT2D eigenvalue weighted by molar-refractivity contribution is 0.0990. The fourth-order valence-electron chi connectivity index (χ4n) is 7.48. The summed E-state index contributed by atoms with van der Waals surface area (Å²) in [6, 6.07) is 42.7. The molecule has 208 valence electrons. The van der Waals surface area contributed by atoms with Crippen LogP contribution >= 0.6 is 0 Å². The van der Waals surface area contributed by atoms with E-state index in [0.29, 0.717) is 11.1 Å². The molecule has 0 radical (unpaired) electrons. The maximum Gasteiger partial charge on any atom is 0.197 e. The number of rotatable bonds is 1. The Morgan fingerprint density at radius 1 is 0.568 bits per heavy atom. The molecule has 9 rings (SSSR count). The van der Waals surface area contributed by atoms with Gasteiger partial charge in [-0.05, 0) is 76.0 Å². The van der Waals surface area contributed by atoms with E-state index in [1.54, 1.807) is 6.08 Å². The van der Waals surface area contributed by atoms with Crippen LogP contribution in [-0.2, 0) is 5.41 Å². The molecule has 0 bridgehead atoms. The van der Waals surface area contributed by atoms with Crippen LogP contribution in [0, 0.1) is 0 Å². The summed E-state index contributed by atoms with van der Waals surface area (Å²) >= 11 is 0. The third-order valence-corrected chi connectivity index (χ3v) is 9.43. The predicted molar refractivity (Wildman–Crippen MR) is 173 cm³/mol. The molecule has 0 unspecified atom stereocenters. The zero-order valence-corrected chi connectivity index (χ0v) is 23.9. The number of allylic oxidation sites excluding steroid dienone is 1. The molecular formula is C40H25NO3. The molecule has 0 aromatic heterocycles. The molecule has 0 amide bonds. The number of para-hydroxylation sites is 3. The number of fused-ring (bicyclic) bond motifs is 10. The largest absolute Gasteiger partial charge is 0.457 e. The number of ketones is 2. The number of benzene rings is 6. The number of carbonyl (C=O) groups excluding carboxylic acids is 2. The van der Waals surface area contributed by atoms with Crippen molar-refractivity contribution in [1.29, 1.82) is 0 Å². The molecule has 0 fully saturated rings. The Kier molecular flexibility index (Phi) is 5.01. The van der Waals surface area contributed by atoms with Crippen LogP contribution in [0.1, 0.15) is 48.5 Å². The number of Topliss-reactive ketones (excluding diaryl/α,β-unsaturated/α-hetero) is 2. The van der Waals surface area contributed by atoms with Crippen molar-refractivity contribution in [2.45, 2.75) is 5.41 Å². The van der Waals surface area contributed by atoms with E-state index >= 15 is 0 Å². The van der Waals surface area contributed by atoms with Crippen LogP contribution in [-0.4, -0.2) is 18.6 Å². The molecule has 0 saturated carbocycles. The number of anilines is 2. The van der Waals surface area contributed by atoms with Crippen molar-refractivity contribution >= 4 is 39.8 Å². The lowest BCUT2D eigenvalue weighted by atomic mass is 9.61. The van der Waals surface area contributed by atoms with E-state index < -0.39 is 5.41 Å². The van der Waals surface area contributed by atoms with Crippen LogP contribution in [0.4, 0.5) is 11.4 Å². The van der Waals surface area contributed by atoms with Gasteiger partial charge in [-0.2, -0.15) is 0 Å². The molecule has 6 aromatic carbocycles. The molecule has 1 spiro atoms. The molecule has 4 nitrogen and oxygen atoms in total. The van der Waals surface area contributed by atoms with Crippen LogP contribution < -0.4 is 9.64 Å². The van der Waals surface area contributed by atoms with Gasteiger partial charge in [0.2, 0.25) is 0 Å². The lowest BCUT2D eigenvalue weighted by Gasteiger charge is -2.48.